The largest absolute Gasteiger partial charge is 0.307 e. The molecule has 106 valence electrons. The Morgan fingerprint density at radius 1 is 1.10 bits per heavy atom. The summed E-state index contributed by atoms with van der Waals surface area (Å²) in [6.45, 7) is 1.65. The third-order valence-electron chi connectivity index (χ3n) is 3.91. The molecule has 4 heteroatoms. The Labute approximate surface area is 124 Å². The van der Waals surface area contributed by atoms with E-state index in [9.17, 15) is 0 Å². The van der Waals surface area contributed by atoms with E-state index in [1.165, 1.54) is 31.2 Å². The van der Waals surface area contributed by atoms with Gasteiger partial charge in [-0.15, -0.1) is 0 Å². The predicted octanol–water partition coefficient (Wildman–Crippen LogP) is 3.94. The van der Waals surface area contributed by atoms with Crippen LogP contribution in [0.15, 0.2) is 36.5 Å². The molecule has 3 rings (SSSR count). The van der Waals surface area contributed by atoms with Crippen molar-refractivity contribution in [2.45, 2.75) is 44.8 Å². The molecule has 0 unspecified atom stereocenters. The first-order valence-corrected chi connectivity index (χ1v) is 7.68. The topological polar surface area (TPSA) is 29.9 Å². The predicted molar refractivity (Wildman–Crippen MR) is 81.7 cm³/mol. The van der Waals surface area contributed by atoms with Crippen LogP contribution in [0.5, 0.6) is 0 Å². The normalized spacial score (nSPS) is 15.8. The summed E-state index contributed by atoms with van der Waals surface area (Å²) in [6, 6.07) is 10.7. The Bertz CT molecular complexity index is 541. The van der Waals surface area contributed by atoms with E-state index in [4.69, 9.17) is 11.6 Å². The van der Waals surface area contributed by atoms with Crippen molar-refractivity contribution in [2.24, 2.45) is 0 Å². The van der Waals surface area contributed by atoms with Crippen molar-refractivity contribution in [3.05, 3.63) is 52.8 Å². The Morgan fingerprint density at radius 3 is 2.60 bits per heavy atom. The molecule has 0 radical (unpaired) electrons. The third kappa shape index (κ3) is 3.41. The van der Waals surface area contributed by atoms with Gasteiger partial charge >= 0.3 is 0 Å². The van der Waals surface area contributed by atoms with E-state index in [1.807, 2.05) is 24.3 Å². The van der Waals surface area contributed by atoms with Crippen molar-refractivity contribution in [2.75, 3.05) is 0 Å². The van der Waals surface area contributed by atoms with Gasteiger partial charge in [-0.25, -0.2) is 0 Å². The first-order chi connectivity index (χ1) is 9.81. The number of benzene rings is 1. The number of hydrogen-bond donors (Lipinski definition) is 1. The molecule has 1 fully saturated rings. The SMILES string of the molecule is Clc1ccc(CNCc2ccn(C3CCCC3)n2)cc1. The van der Waals surface area contributed by atoms with Gasteiger partial charge in [-0.05, 0) is 36.6 Å². The molecule has 1 saturated carbocycles. The average molecular weight is 290 g/mol. The fraction of sp³-hybridized carbons (Fsp3) is 0.438. The molecule has 0 saturated heterocycles. The highest BCUT2D eigenvalue weighted by molar-refractivity contribution is 6.30. The van der Waals surface area contributed by atoms with Gasteiger partial charge in [0, 0.05) is 24.3 Å². The van der Waals surface area contributed by atoms with Gasteiger partial charge in [0.05, 0.1) is 11.7 Å². The van der Waals surface area contributed by atoms with Crippen LogP contribution in [0.4, 0.5) is 0 Å². The molecule has 0 atom stereocenters. The lowest BCUT2D eigenvalue weighted by Gasteiger charge is -2.09. The van der Waals surface area contributed by atoms with Crippen molar-refractivity contribution in [1.29, 1.82) is 0 Å². The van der Waals surface area contributed by atoms with Crippen LogP contribution in [0.1, 0.15) is 43.0 Å². The van der Waals surface area contributed by atoms with Crippen molar-refractivity contribution in [3.63, 3.8) is 0 Å². The van der Waals surface area contributed by atoms with Crippen LogP contribution in [0, 0.1) is 0 Å². The molecule has 0 amide bonds. The second-order valence-electron chi connectivity index (χ2n) is 5.46. The zero-order valence-corrected chi connectivity index (χ0v) is 12.3. The maximum absolute atomic E-state index is 5.87. The highest BCUT2D eigenvalue weighted by Crippen LogP contribution is 2.28. The Kier molecular flexibility index (Phi) is 4.38. The summed E-state index contributed by atoms with van der Waals surface area (Å²) < 4.78 is 2.15. The van der Waals surface area contributed by atoms with Crippen molar-refractivity contribution < 1.29 is 0 Å². The van der Waals surface area contributed by atoms with Crippen LogP contribution in [-0.4, -0.2) is 9.78 Å². The number of hydrogen-bond acceptors (Lipinski definition) is 2. The Balaban J connectivity index is 1.49. The highest BCUT2D eigenvalue weighted by atomic mass is 35.5. The van der Waals surface area contributed by atoms with Gasteiger partial charge in [0.1, 0.15) is 0 Å². The zero-order chi connectivity index (χ0) is 13.8. The standard InChI is InChI=1S/C16H20ClN3/c17-14-7-5-13(6-8-14)11-18-12-15-9-10-20(19-15)16-3-1-2-4-16/h5-10,16,18H,1-4,11-12H2. The Hall–Kier alpha value is -1.32. The number of aromatic nitrogens is 2. The summed E-state index contributed by atoms with van der Waals surface area (Å²) in [6.07, 6.45) is 7.36. The third-order valence-corrected chi connectivity index (χ3v) is 4.16. The first kappa shape index (κ1) is 13.7. The summed E-state index contributed by atoms with van der Waals surface area (Å²) in [5, 5.41) is 8.87. The van der Waals surface area contributed by atoms with E-state index in [-0.39, 0.29) is 0 Å². The molecular formula is C16H20ClN3. The quantitative estimate of drug-likeness (QED) is 0.903. The molecule has 0 spiro atoms. The molecular weight excluding hydrogens is 270 g/mol. The van der Waals surface area contributed by atoms with Crippen molar-refractivity contribution >= 4 is 11.6 Å². The molecule has 1 heterocycles. The van der Waals surface area contributed by atoms with Crippen LogP contribution in [0.2, 0.25) is 5.02 Å². The summed E-state index contributed by atoms with van der Waals surface area (Å²) in [5.41, 5.74) is 2.36. The maximum Gasteiger partial charge on any atom is 0.0762 e. The maximum atomic E-state index is 5.87. The van der Waals surface area contributed by atoms with Gasteiger partial charge < -0.3 is 5.32 Å². The number of rotatable bonds is 5. The van der Waals surface area contributed by atoms with E-state index in [0.29, 0.717) is 6.04 Å². The van der Waals surface area contributed by atoms with Crippen LogP contribution < -0.4 is 5.32 Å². The molecule has 3 nitrogen and oxygen atoms in total. The zero-order valence-electron chi connectivity index (χ0n) is 11.6. The highest BCUT2D eigenvalue weighted by Gasteiger charge is 2.17. The average Bonchev–Trinajstić information content (AvgIpc) is 3.11. The molecule has 0 aliphatic heterocycles. The van der Waals surface area contributed by atoms with Crippen LogP contribution >= 0.6 is 11.6 Å². The summed E-state index contributed by atoms with van der Waals surface area (Å²) >= 11 is 5.87. The summed E-state index contributed by atoms with van der Waals surface area (Å²) in [4.78, 5) is 0. The molecule has 0 bridgehead atoms. The molecule has 1 aromatic carbocycles. The summed E-state index contributed by atoms with van der Waals surface area (Å²) in [5.74, 6) is 0. The summed E-state index contributed by atoms with van der Waals surface area (Å²) in [7, 11) is 0. The number of nitrogens with zero attached hydrogens (tertiary/aromatic N) is 2. The molecule has 1 aromatic heterocycles. The van der Waals surface area contributed by atoms with Crippen LogP contribution in [0.3, 0.4) is 0 Å². The van der Waals surface area contributed by atoms with Gasteiger partial charge in [0.2, 0.25) is 0 Å². The van der Waals surface area contributed by atoms with E-state index in [1.54, 1.807) is 0 Å². The minimum atomic E-state index is 0.625. The minimum absolute atomic E-state index is 0.625. The van der Waals surface area contributed by atoms with E-state index in [0.717, 1.165) is 23.8 Å². The molecule has 1 N–H and O–H groups in total. The first-order valence-electron chi connectivity index (χ1n) is 7.30. The van der Waals surface area contributed by atoms with Crippen molar-refractivity contribution in [1.82, 2.24) is 15.1 Å². The molecule has 1 aliphatic carbocycles. The van der Waals surface area contributed by atoms with Gasteiger partial charge in [-0.1, -0.05) is 36.6 Å². The second kappa shape index (κ2) is 6.42. The molecule has 2 aromatic rings. The van der Waals surface area contributed by atoms with E-state index >= 15 is 0 Å². The van der Waals surface area contributed by atoms with Gasteiger partial charge in [0.15, 0.2) is 0 Å². The number of halogens is 1. The van der Waals surface area contributed by atoms with Gasteiger partial charge in [-0.3, -0.25) is 4.68 Å². The lowest BCUT2D eigenvalue weighted by atomic mass is 10.2. The van der Waals surface area contributed by atoms with Crippen molar-refractivity contribution in [3.8, 4) is 0 Å². The van der Waals surface area contributed by atoms with Crippen LogP contribution in [-0.2, 0) is 13.1 Å². The monoisotopic (exact) mass is 289 g/mol. The minimum Gasteiger partial charge on any atom is -0.307 e. The van der Waals surface area contributed by atoms with Gasteiger partial charge in [-0.2, -0.15) is 5.10 Å². The van der Waals surface area contributed by atoms with Gasteiger partial charge in [0.25, 0.3) is 0 Å². The fourth-order valence-electron chi connectivity index (χ4n) is 2.78. The Morgan fingerprint density at radius 2 is 1.85 bits per heavy atom. The second-order valence-corrected chi connectivity index (χ2v) is 5.89. The smallest absolute Gasteiger partial charge is 0.0762 e. The van der Waals surface area contributed by atoms with Crippen LogP contribution in [0.25, 0.3) is 0 Å². The van der Waals surface area contributed by atoms with E-state index < -0.39 is 0 Å². The lowest BCUT2D eigenvalue weighted by Crippen LogP contribution is -2.14. The molecule has 1 aliphatic rings. The molecule has 20 heavy (non-hydrogen) atoms. The number of nitrogens with one attached hydrogen (secondary N) is 1. The fourth-order valence-corrected chi connectivity index (χ4v) is 2.91. The lowest BCUT2D eigenvalue weighted by molar-refractivity contribution is 0.461. The van der Waals surface area contributed by atoms with E-state index in [2.05, 4.69) is 27.4 Å².